The monoisotopic (exact) mass is 447 g/mol. The van der Waals surface area contributed by atoms with Gasteiger partial charge in [0.2, 0.25) is 12.6 Å². The summed E-state index contributed by atoms with van der Waals surface area (Å²) in [5.74, 6) is 0.677. The molecule has 1 aliphatic rings. The van der Waals surface area contributed by atoms with Gasteiger partial charge in [0, 0.05) is 31.3 Å². The van der Waals surface area contributed by atoms with Crippen LogP contribution in [0.4, 0.5) is 4.39 Å². The maximum atomic E-state index is 14.0. The van der Waals surface area contributed by atoms with Crippen LogP contribution in [0.5, 0.6) is 11.5 Å². The molecule has 0 saturated carbocycles. The number of halogens is 2. The maximum Gasteiger partial charge on any atom is 0.292 e. The van der Waals surface area contributed by atoms with Gasteiger partial charge in [0.1, 0.15) is 11.5 Å². The smallest absolute Gasteiger partial charge is 0.292 e. The Kier molecular flexibility index (Phi) is 7.14. The molecule has 0 radical (unpaired) electrons. The van der Waals surface area contributed by atoms with E-state index in [-0.39, 0.29) is 42.1 Å². The first kappa shape index (κ1) is 22.6. The first-order valence-corrected chi connectivity index (χ1v) is 9.55. The Balaban J connectivity index is 0.00000272. The number of aromatic nitrogens is 1. The number of rotatable bonds is 7. The number of hydrogen-bond donors (Lipinski definition) is 0. The highest BCUT2D eigenvalue weighted by molar-refractivity contribution is 5.92. The lowest BCUT2D eigenvalue weighted by Gasteiger charge is -2.23. The van der Waals surface area contributed by atoms with Gasteiger partial charge < -0.3 is 23.8 Å². The number of nitrogens with zero attached hydrogens (tertiary/aromatic N) is 3. The van der Waals surface area contributed by atoms with Gasteiger partial charge in [-0.25, -0.2) is 4.39 Å². The molecule has 0 saturated heterocycles. The van der Waals surface area contributed by atoms with E-state index >= 15 is 0 Å². The number of hydrogen-bond acceptors (Lipinski definition) is 6. The van der Waals surface area contributed by atoms with Crippen LogP contribution in [0.15, 0.2) is 53.1 Å². The van der Waals surface area contributed by atoms with Gasteiger partial charge in [0.25, 0.3) is 5.91 Å². The number of carbonyl (C=O) groups excluding carboxylic acids is 1. The fourth-order valence-corrected chi connectivity index (χ4v) is 3.16. The van der Waals surface area contributed by atoms with E-state index in [1.807, 2.05) is 37.2 Å². The third kappa shape index (κ3) is 5.15. The highest BCUT2D eigenvalue weighted by Gasteiger charge is 2.23. The minimum atomic E-state index is -0.422. The van der Waals surface area contributed by atoms with Crippen LogP contribution in [0.2, 0.25) is 0 Å². The SMILES string of the molecule is CN(C)CCN(Cc1ccc2c(c1)OCO2)C(=O)c1cc(-c2ccccc2F)no1.Cl. The van der Waals surface area contributed by atoms with Gasteiger partial charge in [0.15, 0.2) is 11.5 Å². The Hall–Kier alpha value is -3.10. The van der Waals surface area contributed by atoms with E-state index in [4.69, 9.17) is 14.0 Å². The summed E-state index contributed by atoms with van der Waals surface area (Å²) in [5.41, 5.74) is 1.48. The lowest BCUT2D eigenvalue weighted by molar-refractivity contribution is 0.0690. The topological polar surface area (TPSA) is 68.0 Å². The zero-order chi connectivity index (χ0) is 21.1. The predicted octanol–water partition coefficient (Wildman–Crippen LogP) is 3.84. The molecule has 1 aliphatic heterocycles. The number of carbonyl (C=O) groups is 1. The van der Waals surface area contributed by atoms with Gasteiger partial charge in [-0.05, 0) is 43.9 Å². The molecule has 0 bridgehead atoms. The van der Waals surface area contributed by atoms with Crippen LogP contribution in [0.25, 0.3) is 11.3 Å². The Morgan fingerprint density at radius 2 is 1.84 bits per heavy atom. The van der Waals surface area contributed by atoms with Crippen molar-refractivity contribution in [3.63, 3.8) is 0 Å². The Morgan fingerprint density at radius 3 is 2.61 bits per heavy atom. The van der Waals surface area contributed by atoms with Crippen molar-refractivity contribution in [3.8, 4) is 22.8 Å². The van der Waals surface area contributed by atoms with Crippen LogP contribution in [0.1, 0.15) is 16.1 Å². The lowest BCUT2D eigenvalue weighted by Crippen LogP contribution is -2.36. The third-order valence-electron chi connectivity index (χ3n) is 4.79. The molecule has 164 valence electrons. The average molecular weight is 448 g/mol. The maximum absolute atomic E-state index is 14.0. The van der Waals surface area contributed by atoms with Gasteiger partial charge in [-0.1, -0.05) is 23.4 Å². The second kappa shape index (κ2) is 9.80. The van der Waals surface area contributed by atoms with Crippen molar-refractivity contribution in [2.75, 3.05) is 34.0 Å². The zero-order valence-corrected chi connectivity index (χ0v) is 18.0. The lowest BCUT2D eigenvalue weighted by atomic mass is 10.1. The van der Waals surface area contributed by atoms with Gasteiger partial charge >= 0.3 is 0 Å². The second-order valence-electron chi connectivity index (χ2n) is 7.27. The van der Waals surface area contributed by atoms with E-state index in [9.17, 15) is 9.18 Å². The third-order valence-corrected chi connectivity index (χ3v) is 4.79. The van der Waals surface area contributed by atoms with Crippen molar-refractivity contribution in [1.29, 1.82) is 0 Å². The largest absolute Gasteiger partial charge is 0.454 e. The van der Waals surface area contributed by atoms with E-state index < -0.39 is 5.82 Å². The molecule has 31 heavy (non-hydrogen) atoms. The first-order valence-electron chi connectivity index (χ1n) is 9.55. The van der Waals surface area contributed by atoms with E-state index in [0.717, 1.165) is 5.56 Å². The van der Waals surface area contributed by atoms with E-state index in [1.165, 1.54) is 12.1 Å². The van der Waals surface area contributed by atoms with Crippen LogP contribution < -0.4 is 9.47 Å². The molecule has 4 rings (SSSR count). The summed E-state index contributed by atoms with van der Waals surface area (Å²) >= 11 is 0. The number of amides is 1. The standard InChI is InChI=1S/C22H22FN3O4.ClH/c1-25(2)9-10-26(13-15-7-8-19-20(11-15)29-14-28-19)22(27)21-12-18(24-30-21)16-5-3-4-6-17(16)23;/h3-8,11-12H,9-10,13-14H2,1-2H3;1H. The van der Waals surface area contributed by atoms with Crippen LogP contribution in [-0.2, 0) is 6.54 Å². The molecule has 0 fully saturated rings. The Labute approximate surface area is 185 Å². The summed E-state index contributed by atoms with van der Waals surface area (Å²) in [7, 11) is 3.88. The molecule has 0 spiro atoms. The summed E-state index contributed by atoms with van der Waals surface area (Å²) in [6.07, 6.45) is 0. The second-order valence-corrected chi connectivity index (χ2v) is 7.27. The normalized spacial score (nSPS) is 12.0. The van der Waals surface area contributed by atoms with Gasteiger partial charge in [-0.3, -0.25) is 4.79 Å². The van der Waals surface area contributed by atoms with Gasteiger partial charge in [-0.15, -0.1) is 12.4 Å². The number of ether oxygens (including phenoxy) is 2. The van der Waals surface area contributed by atoms with Crippen molar-refractivity contribution >= 4 is 18.3 Å². The minimum absolute atomic E-state index is 0. The summed E-state index contributed by atoms with van der Waals surface area (Å²) in [4.78, 5) is 16.8. The molecule has 9 heteroatoms. The molecule has 0 atom stereocenters. The van der Waals surface area contributed by atoms with Crippen molar-refractivity contribution < 1.29 is 23.2 Å². The Bertz CT molecular complexity index is 1060. The molecule has 1 amide bonds. The summed E-state index contributed by atoms with van der Waals surface area (Å²) in [6, 6.07) is 13.3. The molecule has 0 aliphatic carbocycles. The fraction of sp³-hybridized carbons (Fsp3) is 0.273. The molecule has 2 heterocycles. The molecule has 0 unspecified atom stereocenters. The number of benzene rings is 2. The van der Waals surface area contributed by atoms with Crippen molar-refractivity contribution in [2.45, 2.75) is 6.54 Å². The Morgan fingerprint density at radius 1 is 1.06 bits per heavy atom. The molecule has 2 aromatic carbocycles. The van der Waals surface area contributed by atoms with Crippen molar-refractivity contribution in [3.05, 3.63) is 65.7 Å². The number of fused-ring (bicyclic) bond motifs is 1. The van der Waals surface area contributed by atoms with Gasteiger partial charge in [0.05, 0.1) is 0 Å². The van der Waals surface area contributed by atoms with Crippen LogP contribution >= 0.6 is 12.4 Å². The highest BCUT2D eigenvalue weighted by atomic mass is 35.5. The summed E-state index contributed by atoms with van der Waals surface area (Å²) < 4.78 is 30.1. The van der Waals surface area contributed by atoms with Gasteiger partial charge in [-0.2, -0.15) is 0 Å². The zero-order valence-electron chi connectivity index (χ0n) is 17.2. The van der Waals surface area contributed by atoms with E-state index in [2.05, 4.69) is 5.16 Å². The minimum Gasteiger partial charge on any atom is -0.454 e. The average Bonchev–Trinajstić information content (AvgIpc) is 3.40. The van der Waals surface area contributed by atoms with E-state index in [0.29, 0.717) is 31.1 Å². The van der Waals surface area contributed by atoms with Crippen LogP contribution in [0.3, 0.4) is 0 Å². The highest BCUT2D eigenvalue weighted by Crippen LogP contribution is 2.33. The summed E-state index contributed by atoms with van der Waals surface area (Å²) in [5, 5.41) is 3.89. The first-order chi connectivity index (χ1) is 14.5. The number of likely N-dealkylation sites (N-methyl/N-ethyl adjacent to an activating group) is 1. The fourth-order valence-electron chi connectivity index (χ4n) is 3.16. The van der Waals surface area contributed by atoms with Crippen molar-refractivity contribution in [1.82, 2.24) is 15.0 Å². The quantitative estimate of drug-likeness (QED) is 0.548. The summed E-state index contributed by atoms with van der Waals surface area (Å²) in [6.45, 7) is 1.71. The van der Waals surface area contributed by atoms with E-state index in [1.54, 1.807) is 23.1 Å². The van der Waals surface area contributed by atoms with Crippen molar-refractivity contribution in [2.24, 2.45) is 0 Å². The van der Waals surface area contributed by atoms with Crippen LogP contribution in [0, 0.1) is 5.82 Å². The van der Waals surface area contributed by atoms with Crippen LogP contribution in [-0.4, -0.2) is 54.8 Å². The predicted molar refractivity (Wildman–Crippen MR) is 115 cm³/mol. The molecular formula is C22H23ClFN3O4. The molecular weight excluding hydrogens is 425 g/mol. The molecule has 0 N–H and O–H groups in total. The molecule has 7 nitrogen and oxygen atoms in total. The molecule has 3 aromatic rings. The molecule has 1 aromatic heterocycles.